The summed E-state index contributed by atoms with van der Waals surface area (Å²) in [5, 5.41) is 0. The third-order valence-electron chi connectivity index (χ3n) is 9.71. The van der Waals surface area contributed by atoms with E-state index in [4.69, 9.17) is 18.7 Å². The molecule has 1 saturated carbocycles. The summed E-state index contributed by atoms with van der Waals surface area (Å²) in [5.74, 6) is 0.714. The second-order valence-corrected chi connectivity index (χ2v) is 15.7. The topological polar surface area (TPSA) is 60.5 Å². The molecule has 0 aromatic heterocycles. The van der Waals surface area contributed by atoms with Crippen LogP contribution < -0.4 is 0 Å². The summed E-state index contributed by atoms with van der Waals surface area (Å²) in [6, 6.07) is 10.4. The molecule has 4 rings (SSSR count). The van der Waals surface area contributed by atoms with E-state index in [0.717, 1.165) is 58.0 Å². The van der Waals surface area contributed by atoms with Crippen molar-refractivity contribution >= 4 is 7.67 Å². The number of hydrogen-bond donors (Lipinski definition) is 0. The average molecular weight is 577 g/mol. The molecule has 1 unspecified atom stereocenters. The van der Waals surface area contributed by atoms with Gasteiger partial charge in [0.1, 0.15) is 0 Å². The zero-order valence-electron chi connectivity index (χ0n) is 25.8. The van der Waals surface area contributed by atoms with Crippen LogP contribution in [0.5, 0.6) is 0 Å². The van der Waals surface area contributed by atoms with Gasteiger partial charge in [0.15, 0.2) is 6.29 Å². The van der Waals surface area contributed by atoms with Crippen molar-refractivity contribution in [3.8, 4) is 0 Å². The van der Waals surface area contributed by atoms with Gasteiger partial charge in [-0.05, 0) is 90.5 Å². The average Bonchev–Trinajstić information content (AvgIpc) is 2.94. The quantitative estimate of drug-likeness (QED) is 0.183. The van der Waals surface area contributed by atoms with Crippen molar-refractivity contribution in [2.75, 3.05) is 54.6 Å². The van der Waals surface area contributed by atoms with Crippen LogP contribution in [0.3, 0.4) is 0 Å². The van der Waals surface area contributed by atoms with Crippen LogP contribution in [0.4, 0.5) is 0 Å². The Balaban J connectivity index is 1.56. The summed E-state index contributed by atoms with van der Waals surface area (Å²) >= 11 is 0. The van der Waals surface area contributed by atoms with Gasteiger partial charge in [-0.2, -0.15) is 0 Å². The molecule has 8 heteroatoms. The van der Waals surface area contributed by atoms with Gasteiger partial charge in [0.2, 0.25) is 0 Å². The molecule has 0 radical (unpaired) electrons. The van der Waals surface area contributed by atoms with Crippen molar-refractivity contribution in [2.45, 2.75) is 78.1 Å². The molecule has 40 heavy (non-hydrogen) atoms. The molecule has 5 atom stereocenters. The molecule has 0 amide bonds. The van der Waals surface area contributed by atoms with Gasteiger partial charge in [-0.15, -0.1) is 0 Å². The first-order valence-corrected chi connectivity index (χ1v) is 16.8. The van der Waals surface area contributed by atoms with Crippen LogP contribution in [0.15, 0.2) is 42.0 Å². The molecule has 0 N–H and O–H groups in total. The zero-order valence-corrected chi connectivity index (χ0v) is 26.7. The van der Waals surface area contributed by atoms with E-state index in [1.165, 1.54) is 11.1 Å². The van der Waals surface area contributed by atoms with Crippen molar-refractivity contribution in [3.63, 3.8) is 0 Å². The molecule has 3 aliphatic rings. The predicted molar refractivity (Wildman–Crippen MR) is 161 cm³/mol. The van der Waals surface area contributed by atoms with E-state index >= 15 is 0 Å². The van der Waals surface area contributed by atoms with Gasteiger partial charge in [0, 0.05) is 17.4 Å². The van der Waals surface area contributed by atoms with E-state index in [-0.39, 0.29) is 17.1 Å². The van der Waals surface area contributed by atoms with Crippen LogP contribution in [0.25, 0.3) is 0 Å². The first-order valence-electron chi connectivity index (χ1n) is 15.3. The number of benzene rings is 1. The molecule has 2 aliphatic carbocycles. The first-order chi connectivity index (χ1) is 19.1. The number of ether oxygens (including phenoxy) is 3. The Bertz CT molecular complexity index is 1000. The molecular weight excluding hydrogens is 523 g/mol. The Hall–Kier alpha value is -1.05. The summed E-state index contributed by atoms with van der Waals surface area (Å²) in [5.41, 5.74) is 2.51. The molecule has 1 aromatic rings. The van der Waals surface area contributed by atoms with Gasteiger partial charge in [0.05, 0.1) is 26.4 Å². The summed E-state index contributed by atoms with van der Waals surface area (Å²) in [6.07, 6.45) is 10.8. The monoisotopic (exact) mass is 576 g/mol. The lowest BCUT2D eigenvalue weighted by atomic mass is 9.51. The highest BCUT2D eigenvalue weighted by Crippen LogP contribution is 2.60. The lowest BCUT2D eigenvalue weighted by Crippen LogP contribution is -2.50. The van der Waals surface area contributed by atoms with Gasteiger partial charge in [0.25, 0.3) is 0 Å². The van der Waals surface area contributed by atoms with Crippen molar-refractivity contribution in [3.05, 3.63) is 47.5 Å². The molecule has 0 spiro atoms. The van der Waals surface area contributed by atoms with Gasteiger partial charge in [-0.1, -0.05) is 62.2 Å². The third-order valence-corrected chi connectivity index (χ3v) is 12.2. The van der Waals surface area contributed by atoms with Gasteiger partial charge < -0.3 is 18.7 Å². The largest absolute Gasteiger partial charge is 0.376 e. The Morgan fingerprint density at radius 2 is 1.77 bits per heavy atom. The molecule has 7 nitrogen and oxygen atoms in total. The summed E-state index contributed by atoms with van der Waals surface area (Å²) < 4.78 is 42.5. The van der Waals surface area contributed by atoms with E-state index in [2.05, 4.69) is 44.2 Å². The highest BCUT2D eigenvalue weighted by atomic mass is 31.2. The normalized spacial score (nSPS) is 31.3. The molecule has 1 aliphatic heterocycles. The van der Waals surface area contributed by atoms with E-state index in [1.807, 2.05) is 34.3 Å². The maximum absolute atomic E-state index is 13.9. The van der Waals surface area contributed by atoms with E-state index in [1.54, 1.807) is 9.34 Å². The second-order valence-electron chi connectivity index (χ2n) is 12.9. The van der Waals surface area contributed by atoms with Crippen LogP contribution in [-0.2, 0) is 29.9 Å². The van der Waals surface area contributed by atoms with Gasteiger partial charge in [-0.3, -0.25) is 4.57 Å². The Kier molecular flexibility index (Phi) is 11.1. The van der Waals surface area contributed by atoms with E-state index in [0.29, 0.717) is 38.3 Å². The maximum Gasteiger partial charge on any atom is 0.345 e. The van der Waals surface area contributed by atoms with Crippen LogP contribution in [0, 0.1) is 22.7 Å². The fourth-order valence-corrected chi connectivity index (χ4v) is 8.75. The van der Waals surface area contributed by atoms with Crippen molar-refractivity contribution in [1.82, 2.24) is 9.34 Å². The number of nitrogens with zero attached hydrogens (tertiary/aromatic N) is 2. The first kappa shape index (κ1) is 31.9. The van der Waals surface area contributed by atoms with Crippen LogP contribution in [0.1, 0.15) is 70.8 Å². The smallest absolute Gasteiger partial charge is 0.345 e. The Morgan fingerprint density at radius 3 is 2.45 bits per heavy atom. The van der Waals surface area contributed by atoms with Crippen molar-refractivity contribution in [1.29, 1.82) is 0 Å². The molecule has 226 valence electrons. The van der Waals surface area contributed by atoms with Crippen LogP contribution in [0.2, 0.25) is 0 Å². The minimum absolute atomic E-state index is 0.0246. The predicted octanol–water partition coefficient (Wildman–Crippen LogP) is 7.14. The van der Waals surface area contributed by atoms with Crippen LogP contribution in [-0.4, -0.2) is 70.2 Å². The number of hydrogen-bond acceptors (Lipinski definition) is 5. The molecule has 2 fully saturated rings. The number of fused-ring (bicyclic) bond motifs is 1. The van der Waals surface area contributed by atoms with Crippen LogP contribution >= 0.6 is 7.67 Å². The standard InChI is InChI=1S/C32H53N2O5P/c1-26-17-18-28-29(15-12-19-31(28,2)24-36-23-27-13-8-7-9-14-27)32(26,20-22-38-30-16-10-11-21-37-30)25-39-40(35,33(3)4)34(5)6/h7-9,13-14,18,26,29-30H,10-12,15-17,19-25H2,1-6H3/t26-,29-,30?,31+,32+/m1/s1. The maximum atomic E-state index is 13.9. The number of rotatable bonds is 13. The Morgan fingerprint density at radius 1 is 1.02 bits per heavy atom. The highest BCUT2D eigenvalue weighted by molar-refractivity contribution is 7.53. The van der Waals surface area contributed by atoms with E-state index < -0.39 is 7.67 Å². The summed E-state index contributed by atoms with van der Waals surface area (Å²) in [6.45, 7) is 7.91. The summed E-state index contributed by atoms with van der Waals surface area (Å²) in [7, 11) is 4.24. The molecular formula is C32H53N2O5P. The molecule has 1 aromatic carbocycles. The number of allylic oxidation sites excluding steroid dienone is 1. The second kappa shape index (κ2) is 13.9. The van der Waals surface area contributed by atoms with Crippen molar-refractivity contribution < 1.29 is 23.3 Å². The zero-order chi connectivity index (χ0) is 28.8. The van der Waals surface area contributed by atoms with E-state index in [9.17, 15) is 4.57 Å². The highest BCUT2D eigenvalue weighted by Gasteiger charge is 2.53. The SMILES string of the molecule is C[C@@H]1CC=C2[C@@H](CCC[C@@]2(C)COCc2ccccc2)[C@@]1(CCOC1CCCCO1)COP(=O)(N(C)C)N(C)C. The minimum Gasteiger partial charge on any atom is -0.376 e. The third kappa shape index (κ3) is 7.11. The Labute approximate surface area is 243 Å². The van der Waals surface area contributed by atoms with Gasteiger partial charge >= 0.3 is 7.67 Å². The van der Waals surface area contributed by atoms with Gasteiger partial charge in [-0.25, -0.2) is 9.34 Å². The lowest BCUT2D eigenvalue weighted by Gasteiger charge is -2.55. The lowest BCUT2D eigenvalue weighted by molar-refractivity contribution is -0.171. The molecule has 0 bridgehead atoms. The molecule has 1 saturated heterocycles. The summed E-state index contributed by atoms with van der Waals surface area (Å²) in [4.78, 5) is 0. The molecule has 1 heterocycles. The fraction of sp³-hybridized carbons (Fsp3) is 0.750. The minimum atomic E-state index is -3.13. The van der Waals surface area contributed by atoms with Crippen molar-refractivity contribution in [2.24, 2.45) is 22.7 Å². The fourth-order valence-electron chi connectivity index (χ4n) is 7.16.